The molecule has 76 valence electrons. The minimum Gasteiger partial charge on any atom is -0.487 e. The molecule has 1 aliphatic rings. The van der Waals surface area contributed by atoms with Crippen molar-refractivity contribution in [1.29, 1.82) is 0 Å². The first-order chi connectivity index (χ1) is 6.66. The lowest BCUT2D eigenvalue weighted by Gasteiger charge is -2.11. The lowest BCUT2D eigenvalue weighted by atomic mass is 10.2. The molecule has 0 saturated carbocycles. The van der Waals surface area contributed by atoms with E-state index >= 15 is 0 Å². The predicted molar refractivity (Wildman–Crippen MR) is 55.8 cm³/mol. The number of aromatic nitrogens is 1. The number of hydrogen-bond donors (Lipinski definition) is 1. The van der Waals surface area contributed by atoms with Gasteiger partial charge in [0, 0.05) is 6.54 Å². The molecule has 0 amide bonds. The van der Waals surface area contributed by atoms with Gasteiger partial charge in [0.2, 0.25) is 0 Å². The van der Waals surface area contributed by atoms with Crippen molar-refractivity contribution in [3.63, 3.8) is 0 Å². The highest BCUT2D eigenvalue weighted by Crippen LogP contribution is 2.27. The number of fused-ring (bicyclic) bond motifs is 1. The molecule has 4 heteroatoms. The maximum atomic E-state index is 5.84. The van der Waals surface area contributed by atoms with Crippen LogP contribution in [0.25, 0.3) is 0 Å². The van der Waals surface area contributed by atoms with Crippen molar-refractivity contribution >= 4 is 11.6 Å². The van der Waals surface area contributed by atoms with Crippen LogP contribution < -0.4 is 10.1 Å². The van der Waals surface area contributed by atoms with Crippen LogP contribution in [0, 0.1) is 0 Å². The van der Waals surface area contributed by atoms with Crippen LogP contribution in [-0.4, -0.2) is 17.6 Å². The van der Waals surface area contributed by atoms with Crippen LogP contribution in [0.1, 0.15) is 25.6 Å². The average molecular weight is 213 g/mol. The summed E-state index contributed by atoms with van der Waals surface area (Å²) < 4.78 is 5.70. The van der Waals surface area contributed by atoms with Crippen molar-refractivity contribution in [3.8, 4) is 5.75 Å². The van der Waals surface area contributed by atoms with Crippen molar-refractivity contribution in [1.82, 2.24) is 10.3 Å². The second-order valence-corrected chi connectivity index (χ2v) is 3.96. The van der Waals surface area contributed by atoms with Gasteiger partial charge >= 0.3 is 0 Å². The Kier molecular flexibility index (Phi) is 2.61. The smallest absolute Gasteiger partial charge is 0.143 e. The number of rotatable bonds is 0. The number of pyridine rings is 1. The fourth-order valence-electron chi connectivity index (χ4n) is 1.54. The van der Waals surface area contributed by atoms with Gasteiger partial charge in [-0.3, -0.25) is 0 Å². The van der Waals surface area contributed by atoms with E-state index in [1.165, 1.54) is 0 Å². The van der Waals surface area contributed by atoms with E-state index in [4.69, 9.17) is 16.3 Å². The Bertz CT molecular complexity index is 343. The maximum absolute atomic E-state index is 5.84. The summed E-state index contributed by atoms with van der Waals surface area (Å²) in [6.07, 6.45) is 0.168. The number of halogens is 1. The molecule has 0 fully saturated rings. The Balaban J connectivity index is 2.42. The van der Waals surface area contributed by atoms with Gasteiger partial charge in [0.25, 0.3) is 0 Å². The number of ether oxygens (including phenoxy) is 1. The van der Waals surface area contributed by atoms with Crippen molar-refractivity contribution in [2.75, 3.05) is 6.54 Å². The van der Waals surface area contributed by atoms with E-state index in [1.54, 1.807) is 6.07 Å². The third-order valence-corrected chi connectivity index (χ3v) is 2.51. The quantitative estimate of drug-likeness (QED) is 0.670. The van der Waals surface area contributed by atoms with Crippen LogP contribution >= 0.6 is 11.6 Å². The minimum atomic E-state index is 0.168. The highest BCUT2D eigenvalue weighted by Gasteiger charge is 2.20. The van der Waals surface area contributed by atoms with Crippen LogP contribution in [0.3, 0.4) is 0 Å². The normalized spacial score (nSPS) is 26.2. The summed E-state index contributed by atoms with van der Waals surface area (Å²) in [6, 6.07) is 3.82. The van der Waals surface area contributed by atoms with Gasteiger partial charge in [-0.25, -0.2) is 4.98 Å². The summed E-state index contributed by atoms with van der Waals surface area (Å²) in [4.78, 5) is 4.27. The van der Waals surface area contributed by atoms with Crippen molar-refractivity contribution in [2.24, 2.45) is 0 Å². The number of hydrogen-bond acceptors (Lipinski definition) is 3. The lowest BCUT2D eigenvalue weighted by molar-refractivity contribution is 0.225. The number of nitrogens with one attached hydrogen (secondary N) is 1. The zero-order chi connectivity index (χ0) is 10.1. The van der Waals surface area contributed by atoms with E-state index in [1.807, 2.05) is 13.0 Å². The Hall–Kier alpha value is -0.800. The van der Waals surface area contributed by atoms with Gasteiger partial charge in [-0.15, -0.1) is 0 Å². The molecular weight excluding hydrogens is 200 g/mol. The fourth-order valence-corrected chi connectivity index (χ4v) is 1.70. The molecule has 3 nitrogen and oxygen atoms in total. The van der Waals surface area contributed by atoms with Gasteiger partial charge in [0.15, 0.2) is 0 Å². The molecule has 1 aliphatic heterocycles. The van der Waals surface area contributed by atoms with Crippen molar-refractivity contribution < 1.29 is 4.74 Å². The van der Waals surface area contributed by atoms with Gasteiger partial charge in [-0.05, 0) is 26.0 Å². The number of nitrogens with zero attached hydrogens (tertiary/aromatic N) is 1. The van der Waals surface area contributed by atoms with Crippen molar-refractivity contribution in [2.45, 2.75) is 26.0 Å². The second-order valence-electron chi connectivity index (χ2n) is 3.58. The highest BCUT2D eigenvalue weighted by molar-refractivity contribution is 6.29. The molecule has 0 aromatic carbocycles. The highest BCUT2D eigenvalue weighted by atomic mass is 35.5. The summed E-state index contributed by atoms with van der Waals surface area (Å²) in [7, 11) is 0. The first-order valence-electron chi connectivity index (χ1n) is 4.73. The summed E-state index contributed by atoms with van der Waals surface area (Å²) >= 11 is 5.84. The SMILES string of the molecule is CC1NC[C@@H](C)Oc2ccc(Cl)nc21. The van der Waals surface area contributed by atoms with Crippen LogP contribution in [0.4, 0.5) is 0 Å². The van der Waals surface area contributed by atoms with Gasteiger partial charge in [0.05, 0.1) is 6.04 Å². The maximum Gasteiger partial charge on any atom is 0.143 e. The molecule has 1 unspecified atom stereocenters. The molecule has 2 heterocycles. The molecule has 0 aliphatic carbocycles. The minimum absolute atomic E-state index is 0.168. The van der Waals surface area contributed by atoms with Crippen LogP contribution in [0.15, 0.2) is 12.1 Å². The molecule has 1 aromatic rings. The third-order valence-electron chi connectivity index (χ3n) is 2.30. The molecule has 0 radical (unpaired) electrons. The topological polar surface area (TPSA) is 34.1 Å². The van der Waals surface area contributed by atoms with Gasteiger partial charge in [0.1, 0.15) is 22.7 Å². The molecule has 1 aromatic heterocycles. The van der Waals surface area contributed by atoms with Gasteiger partial charge in [-0.1, -0.05) is 11.6 Å². The second kappa shape index (κ2) is 3.75. The first-order valence-corrected chi connectivity index (χ1v) is 5.11. The Morgan fingerprint density at radius 2 is 2.29 bits per heavy atom. The van der Waals surface area contributed by atoms with E-state index in [0.717, 1.165) is 18.0 Å². The van der Waals surface area contributed by atoms with E-state index < -0.39 is 0 Å². The standard InChI is InChI=1S/C10H13ClN2O/c1-6-5-12-7(2)10-8(14-6)3-4-9(11)13-10/h3-4,6-7,12H,5H2,1-2H3/t6-,7?/m1/s1. The molecule has 0 spiro atoms. The van der Waals surface area contributed by atoms with E-state index in [2.05, 4.69) is 17.2 Å². The zero-order valence-electron chi connectivity index (χ0n) is 8.25. The lowest BCUT2D eigenvalue weighted by Crippen LogP contribution is -2.27. The van der Waals surface area contributed by atoms with Gasteiger partial charge in [-0.2, -0.15) is 0 Å². The first kappa shape index (κ1) is 9.74. The molecule has 2 atom stereocenters. The molecular formula is C10H13ClN2O. The monoisotopic (exact) mass is 212 g/mol. The molecule has 1 N–H and O–H groups in total. The Morgan fingerprint density at radius 1 is 1.50 bits per heavy atom. The molecule has 14 heavy (non-hydrogen) atoms. The van der Waals surface area contributed by atoms with E-state index in [-0.39, 0.29) is 12.1 Å². The summed E-state index contributed by atoms with van der Waals surface area (Å²) in [5.41, 5.74) is 0.891. The van der Waals surface area contributed by atoms with Crippen LogP contribution in [0.5, 0.6) is 5.75 Å². The summed E-state index contributed by atoms with van der Waals surface area (Å²) in [5.74, 6) is 0.833. The largest absolute Gasteiger partial charge is 0.487 e. The van der Waals surface area contributed by atoms with E-state index in [9.17, 15) is 0 Å². The zero-order valence-corrected chi connectivity index (χ0v) is 9.01. The van der Waals surface area contributed by atoms with Crippen molar-refractivity contribution in [3.05, 3.63) is 23.0 Å². The fraction of sp³-hybridized carbons (Fsp3) is 0.500. The molecule has 0 bridgehead atoms. The third kappa shape index (κ3) is 1.83. The van der Waals surface area contributed by atoms with E-state index in [0.29, 0.717) is 5.15 Å². The Morgan fingerprint density at radius 3 is 3.07 bits per heavy atom. The predicted octanol–water partition coefficient (Wildman–Crippen LogP) is 2.17. The Labute approximate surface area is 88.4 Å². The molecule has 2 rings (SSSR count). The van der Waals surface area contributed by atoms with Crippen LogP contribution in [-0.2, 0) is 0 Å². The average Bonchev–Trinajstić information content (AvgIpc) is 2.29. The summed E-state index contributed by atoms with van der Waals surface area (Å²) in [5, 5.41) is 3.84. The molecule has 0 saturated heterocycles. The summed E-state index contributed by atoms with van der Waals surface area (Å²) in [6.45, 7) is 4.92. The van der Waals surface area contributed by atoms with Gasteiger partial charge < -0.3 is 10.1 Å². The van der Waals surface area contributed by atoms with Crippen LogP contribution in [0.2, 0.25) is 5.15 Å².